The molecule has 0 amide bonds. The first-order valence-corrected chi connectivity index (χ1v) is 7.64. The van der Waals surface area contributed by atoms with E-state index < -0.39 is 0 Å². The molecule has 1 aliphatic heterocycles. The second kappa shape index (κ2) is 6.50. The first-order chi connectivity index (χ1) is 9.81. The third kappa shape index (κ3) is 3.90. The molecule has 2 heterocycles. The Morgan fingerprint density at radius 1 is 1.30 bits per heavy atom. The lowest BCUT2D eigenvalue weighted by Crippen LogP contribution is -2.31. The summed E-state index contributed by atoms with van der Waals surface area (Å²) in [5.74, 6) is 1.57. The van der Waals surface area contributed by atoms with Gasteiger partial charge in [-0.25, -0.2) is 4.98 Å². The maximum atomic E-state index is 5.53. The van der Waals surface area contributed by atoms with Crippen LogP contribution in [0.15, 0.2) is 12.4 Å². The van der Waals surface area contributed by atoms with Crippen molar-refractivity contribution in [3.05, 3.63) is 18.1 Å². The molecule has 0 radical (unpaired) electrons. The van der Waals surface area contributed by atoms with Crippen LogP contribution in [0.5, 0.6) is 0 Å². The Kier molecular flexibility index (Phi) is 4.47. The van der Waals surface area contributed by atoms with Crippen molar-refractivity contribution in [3.63, 3.8) is 0 Å². The van der Waals surface area contributed by atoms with E-state index in [1.165, 1.54) is 25.7 Å². The van der Waals surface area contributed by atoms with E-state index in [1.807, 2.05) is 12.4 Å². The predicted octanol–water partition coefficient (Wildman–Crippen LogP) is 1.59. The van der Waals surface area contributed by atoms with Crippen molar-refractivity contribution in [2.45, 2.75) is 38.3 Å². The van der Waals surface area contributed by atoms with Gasteiger partial charge in [0, 0.05) is 32.8 Å². The topological polar surface area (TPSA) is 50.3 Å². The van der Waals surface area contributed by atoms with Crippen LogP contribution < -0.4 is 10.2 Å². The molecule has 1 aliphatic carbocycles. The third-order valence-corrected chi connectivity index (χ3v) is 4.02. The fraction of sp³-hybridized carbons (Fsp3) is 0.733. The molecule has 0 spiro atoms. The SMILES string of the molecule is CN(CC1CCCOC1)c1cnc(CNC2CC2)cn1. The highest BCUT2D eigenvalue weighted by molar-refractivity contribution is 5.34. The zero-order chi connectivity index (χ0) is 13.8. The van der Waals surface area contributed by atoms with Crippen molar-refractivity contribution in [2.24, 2.45) is 5.92 Å². The Hall–Kier alpha value is -1.20. The average Bonchev–Trinajstić information content (AvgIpc) is 3.31. The van der Waals surface area contributed by atoms with Crippen LogP contribution in [0.4, 0.5) is 5.82 Å². The zero-order valence-electron chi connectivity index (χ0n) is 12.2. The summed E-state index contributed by atoms with van der Waals surface area (Å²) in [5, 5.41) is 3.45. The molecule has 1 unspecified atom stereocenters. The molecule has 110 valence electrons. The summed E-state index contributed by atoms with van der Waals surface area (Å²) in [4.78, 5) is 11.2. The van der Waals surface area contributed by atoms with Crippen molar-refractivity contribution >= 4 is 5.82 Å². The molecule has 1 aromatic heterocycles. The molecule has 3 rings (SSSR count). The maximum absolute atomic E-state index is 5.53. The standard InChI is InChI=1S/C15H24N4O/c1-19(10-12-3-2-6-20-11-12)15-9-17-14(8-18-15)7-16-13-4-5-13/h8-9,12-13,16H,2-7,10-11H2,1H3. The fourth-order valence-electron chi connectivity index (χ4n) is 2.60. The quantitative estimate of drug-likeness (QED) is 0.855. The van der Waals surface area contributed by atoms with Crippen molar-refractivity contribution in [1.82, 2.24) is 15.3 Å². The van der Waals surface area contributed by atoms with E-state index in [1.54, 1.807) is 0 Å². The summed E-state index contributed by atoms with van der Waals surface area (Å²) in [6, 6.07) is 0.713. The van der Waals surface area contributed by atoms with Gasteiger partial charge in [-0.1, -0.05) is 0 Å². The van der Waals surface area contributed by atoms with Gasteiger partial charge >= 0.3 is 0 Å². The van der Waals surface area contributed by atoms with Crippen LogP contribution in [0, 0.1) is 5.92 Å². The number of nitrogens with zero attached hydrogens (tertiary/aromatic N) is 3. The van der Waals surface area contributed by atoms with E-state index in [9.17, 15) is 0 Å². The minimum atomic E-state index is 0.617. The number of hydrogen-bond donors (Lipinski definition) is 1. The monoisotopic (exact) mass is 276 g/mol. The first-order valence-electron chi connectivity index (χ1n) is 7.64. The van der Waals surface area contributed by atoms with Gasteiger partial charge in [-0.15, -0.1) is 0 Å². The van der Waals surface area contributed by atoms with Crippen LogP contribution >= 0.6 is 0 Å². The van der Waals surface area contributed by atoms with Crippen molar-refractivity contribution in [3.8, 4) is 0 Å². The van der Waals surface area contributed by atoms with Crippen LogP contribution in [-0.2, 0) is 11.3 Å². The predicted molar refractivity (Wildman–Crippen MR) is 78.7 cm³/mol. The van der Waals surface area contributed by atoms with Gasteiger partial charge in [-0.3, -0.25) is 4.98 Å². The van der Waals surface area contributed by atoms with E-state index in [0.29, 0.717) is 12.0 Å². The smallest absolute Gasteiger partial charge is 0.146 e. The Labute approximate surface area is 120 Å². The Balaban J connectivity index is 1.49. The molecule has 2 aliphatic rings. The van der Waals surface area contributed by atoms with Crippen LogP contribution in [-0.4, -0.2) is 42.8 Å². The van der Waals surface area contributed by atoms with Crippen LogP contribution in [0.1, 0.15) is 31.4 Å². The minimum absolute atomic E-state index is 0.617. The van der Waals surface area contributed by atoms with E-state index in [0.717, 1.165) is 37.8 Å². The molecule has 5 nitrogen and oxygen atoms in total. The second-order valence-electron chi connectivity index (χ2n) is 5.98. The second-order valence-corrected chi connectivity index (χ2v) is 5.98. The fourth-order valence-corrected chi connectivity index (χ4v) is 2.60. The van der Waals surface area contributed by atoms with Gasteiger partial charge in [0.2, 0.25) is 0 Å². The van der Waals surface area contributed by atoms with Crippen LogP contribution in [0.2, 0.25) is 0 Å². The normalized spacial score (nSPS) is 22.8. The number of aromatic nitrogens is 2. The van der Waals surface area contributed by atoms with Gasteiger partial charge < -0.3 is 15.0 Å². The van der Waals surface area contributed by atoms with Gasteiger partial charge in [0.05, 0.1) is 24.7 Å². The summed E-state index contributed by atoms with van der Waals surface area (Å²) in [7, 11) is 2.08. The lowest BCUT2D eigenvalue weighted by atomic mass is 10.0. The van der Waals surface area contributed by atoms with Gasteiger partial charge in [0.1, 0.15) is 5.82 Å². The molecule has 1 saturated carbocycles. The van der Waals surface area contributed by atoms with Gasteiger partial charge in [0.15, 0.2) is 0 Å². The lowest BCUT2D eigenvalue weighted by Gasteiger charge is -2.27. The minimum Gasteiger partial charge on any atom is -0.381 e. The van der Waals surface area contributed by atoms with Crippen molar-refractivity contribution < 1.29 is 4.74 Å². The zero-order valence-corrected chi connectivity index (χ0v) is 12.2. The largest absolute Gasteiger partial charge is 0.381 e. The van der Waals surface area contributed by atoms with Crippen LogP contribution in [0.3, 0.4) is 0 Å². The summed E-state index contributed by atoms with van der Waals surface area (Å²) < 4.78 is 5.53. The summed E-state index contributed by atoms with van der Waals surface area (Å²) >= 11 is 0. The molecule has 20 heavy (non-hydrogen) atoms. The maximum Gasteiger partial charge on any atom is 0.146 e. The molecule has 0 aromatic carbocycles. The Morgan fingerprint density at radius 3 is 2.85 bits per heavy atom. The third-order valence-electron chi connectivity index (χ3n) is 4.02. The van der Waals surface area contributed by atoms with Gasteiger partial charge in [0.25, 0.3) is 0 Å². The highest BCUT2D eigenvalue weighted by Gasteiger charge is 2.20. The molecule has 1 saturated heterocycles. The average molecular weight is 276 g/mol. The molecular formula is C15H24N4O. The van der Waals surface area contributed by atoms with Gasteiger partial charge in [-0.2, -0.15) is 0 Å². The number of nitrogens with one attached hydrogen (secondary N) is 1. The molecule has 1 N–H and O–H groups in total. The van der Waals surface area contributed by atoms with E-state index >= 15 is 0 Å². The molecular weight excluding hydrogens is 252 g/mol. The van der Waals surface area contributed by atoms with E-state index in [4.69, 9.17) is 4.74 Å². The summed E-state index contributed by atoms with van der Waals surface area (Å²) in [6.07, 6.45) is 8.80. The Morgan fingerprint density at radius 2 is 2.20 bits per heavy atom. The van der Waals surface area contributed by atoms with E-state index in [2.05, 4.69) is 27.2 Å². The molecule has 1 atom stereocenters. The molecule has 1 aromatic rings. The van der Waals surface area contributed by atoms with Crippen LogP contribution in [0.25, 0.3) is 0 Å². The van der Waals surface area contributed by atoms with Crippen molar-refractivity contribution in [2.75, 3.05) is 31.7 Å². The lowest BCUT2D eigenvalue weighted by molar-refractivity contribution is 0.0576. The number of ether oxygens (including phenoxy) is 1. The Bertz CT molecular complexity index is 412. The molecule has 2 fully saturated rings. The van der Waals surface area contributed by atoms with Crippen molar-refractivity contribution in [1.29, 1.82) is 0 Å². The molecule has 0 bridgehead atoms. The first kappa shape index (κ1) is 13.8. The summed E-state index contributed by atoms with van der Waals surface area (Å²) in [6.45, 7) is 3.62. The van der Waals surface area contributed by atoms with E-state index in [-0.39, 0.29) is 0 Å². The number of anilines is 1. The molecule has 5 heteroatoms. The highest BCUT2D eigenvalue weighted by Crippen LogP contribution is 2.19. The highest BCUT2D eigenvalue weighted by atomic mass is 16.5. The summed E-state index contributed by atoms with van der Waals surface area (Å²) in [5.41, 5.74) is 1.02. The van der Waals surface area contributed by atoms with Gasteiger partial charge in [-0.05, 0) is 31.6 Å². The number of rotatable bonds is 6. The number of hydrogen-bond acceptors (Lipinski definition) is 5.